The van der Waals surface area contributed by atoms with Crippen molar-refractivity contribution in [2.45, 2.75) is 6.92 Å². The molecule has 12 nitrogen and oxygen atoms in total. The van der Waals surface area contributed by atoms with E-state index in [0.717, 1.165) is 18.3 Å². The summed E-state index contributed by atoms with van der Waals surface area (Å²) in [4.78, 5) is 32.8. The minimum atomic E-state index is -0.833. The van der Waals surface area contributed by atoms with Gasteiger partial charge in [-0.15, -0.1) is 0 Å². The molecule has 170 valence electrons. The first kappa shape index (κ1) is 22.7. The number of carboxylic acids is 1. The summed E-state index contributed by atoms with van der Waals surface area (Å²) in [6.45, 7) is 1.08. The molecule has 0 aliphatic heterocycles. The Balaban J connectivity index is 0.000000161. The number of nitrogens with zero attached hydrogens (tertiary/aromatic N) is 1. The number of anilines is 1. The molecule has 0 fully saturated rings. The second-order valence-corrected chi connectivity index (χ2v) is 6.58. The van der Waals surface area contributed by atoms with E-state index in [9.17, 15) is 4.79 Å². The average Bonchev–Trinajstić information content (AvgIpc) is 3.52. The van der Waals surface area contributed by atoms with Crippen molar-refractivity contribution in [1.82, 2.24) is 19.9 Å². The van der Waals surface area contributed by atoms with Crippen LogP contribution in [0.25, 0.3) is 33.9 Å². The molecule has 0 saturated heterocycles. The Morgan fingerprint density at radius 3 is 2.12 bits per heavy atom. The van der Waals surface area contributed by atoms with Crippen LogP contribution in [0.2, 0.25) is 0 Å². The minimum absolute atomic E-state index is 0.0830. The van der Waals surface area contributed by atoms with Crippen molar-refractivity contribution in [3.05, 3.63) is 71.3 Å². The fourth-order valence-corrected chi connectivity index (χ4v) is 2.77. The Hall–Kier alpha value is -5.00. The molecule has 5 heterocycles. The summed E-state index contributed by atoms with van der Waals surface area (Å²) < 4.78 is 10.4. The third kappa shape index (κ3) is 5.58. The predicted octanol–water partition coefficient (Wildman–Crippen LogP) is 2.74. The molecule has 5 rings (SSSR count). The van der Waals surface area contributed by atoms with Gasteiger partial charge in [0.15, 0.2) is 0 Å². The van der Waals surface area contributed by atoms with Crippen molar-refractivity contribution in [2.24, 2.45) is 5.73 Å². The number of carboxylic acid groups (broad SMARTS) is 1. The van der Waals surface area contributed by atoms with Crippen LogP contribution in [0, 0.1) is 5.41 Å². The third-order valence-corrected chi connectivity index (χ3v) is 4.11. The van der Waals surface area contributed by atoms with Crippen LogP contribution >= 0.6 is 0 Å². The highest BCUT2D eigenvalue weighted by Gasteiger charge is 2.10. The second kappa shape index (κ2) is 9.87. The Bertz CT molecular complexity index is 1410. The first-order valence-corrected chi connectivity index (χ1v) is 9.42. The maximum absolute atomic E-state index is 11.4. The molecule has 0 saturated carbocycles. The van der Waals surface area contributed by atoms with Gasteiger partial charge in [-0.05, 0) is 36.4 Å². The van der Waals surface area contributed by atoms with Crippen molar-refractivity contribution >= 4 is 28.5 Å². The first-order valence-electron chi connectivity index (χ1n) is 9.42. The van der Waals surface area contributed by atoms with E-state index in [0.29, 0.717) is 33.9 Å². The summed E-state index contributed by atoms with van der Waals surface area (Å²) in [6.07, 6.45) is 4.53. The molecule has 0 spiro atoms. The van der Waals surface area contributed by atoms with Crippen LogP contribution in [-0.4, -0.2) is 36.8 Å². The van der Waals surface area contributed by atoms with E-state index < -0.39 is 5.97 Å². The molecule has 0 amide bonds. The topological polar surface area (TPSA) is 217 Å². The van der Waals surface area contributed by atoms with Gasteiger partial charge in [-0.1, -0.05) is 0 Å². The lowest BCUT2D eigenvalue weighted by Crippen LogP contribution is -2.13. The predicted molar refractivity (Wildman–Crippen MR) is 122 cm³/mol. The summed E-state index contributed by atoms with van der Waals surface area (Å²) in [7, 11) is 0. The average molecular weight is 451 g/mol. The molecule has 0 bridgehead atoms. The molecule has 33 heavy (non-hydrogen) atoms. The van der Waals surface area contributed by atoms with Crippen LogP contribution in [0.15, 0.2) is 68.9 Å². The summed E-state index contributed by atoms with van der Waals surface area (Å²) in [5, 5.41) is 14.7. The van der Waals surface area contributed by atoms with Crippen molar-refractivity contribution in [1.29, 1.82) is 5.41 Å². The fraction of sp³-hybridized carbons (Fsp3) is 0.0476. The van der Waals surface area contributed by atoms with Crippen LogP contribution in [-0.2, 0) is 4.79 Å². The number of rotatable bonds is 3. The maximum Gasteiger partial charge on any atom is 0.300 e. The smallest absolute Gasteiger partial charge is 0.300 e. The summed E-state index contributed by atoms with van der Waals surface area (Å²) in [5.74, 6) is 0.442. The van der Waals surface area contributed by atoms with Gasteiger partial charge in [0, 0.05) is 6.92 Å². The zero-order valence-electron chi connectivity index (χ0n) is 17.4. The van der Waals surface area contributed by atoms with Crippen LogP contribution in [0.3, 0.4) is 0 Å². The van der Waals surface area contributed by atoms with Gasteiger partial charge < -0.3 is 40.4 Å². The van der Waals surface area contributed by atoms with Gasteiger partial charge in [-0.3, -0.25) is 15.0 Å². The summed E-state index contributed by atoms with van der Waals surface area (Å²) in [5.41, 5.74) is 14.2. The molecule has 0 aromatic carbocycles. The van der Waals surface area contributed by atoms with Gasteiger partial charge in [-0.2, -0.15) is 0 Å². The number of nitrogen functional groups attached to an aromatic ring is 2. The number of aromatic amines is 3. The lowest BCUT2D eigenvalue weighted by atomic mass is 10.3. The maximum atomic E-state index is 11.4. The molecule has 0 unspecified atom stereocenters. The van der Waals surface area contributed by atoms with Gasteiger partial charge >= 0.3 is 0 Å². The fourth-order valence-electron chi connectivity index (χ4n) is 2.77. The van der Waals surface area contributed by atoms with E-state index in [4.69, 9.17) is 35.6 Å². The number of hydrogen-bond acceptors (Lipinski definition) is 7. The van der Waals surface area contributed by atoms with Crippen molar-refractivity contribution in [2.75, 3.05) is 5.73 Å². The molecular weight excluding hydrogens is 430 g/mol. The SMILES string of the molecule is CC(=O)O.N=C(N)c1[nH]c(-c2ccco2)cc1N.O=c1[nH]cnc2cc(-c3ccco3)[nH]c12. The Morgan fingerprint density at radius 2 is 1.67 bits per heavy atom. The largest absolute Gasteiger partial charge is 0.481 e. The zero-order chi connectivity index (χ0) is 24.0. The molecule has 12 heteroatoms. The van der Waals surface area contributed by atoms with E-state index in [1.165, 1.54) is 6.33 Å². The van der Waals surface area contributed by atoms with Crippen molar-refractivity contribution in [3.63, 3.8) is 0 Å². The molecule has 5 aromatic rings. The zero-order valence-corrected chi connectivity index (χ0v) is 17.4. The van der Waals surface area contributed by atoms with E-state index >= 15 is 0 Å². The number of amidine groups is 1. The lowest BCUT2D eigenvalue weighted by molar-refractivity contribution is -0.134. The normalized spacial score (nSPS) is 10.1. The number of carbonyl (C=O) groups is 1. The standard InChI is InChI=1S/C10H7N3O2.C9H10N4O.C2H4O2/c14-10-9-7(11-5-12-10)4-6(13-9)8-2-1-3-15-8;10-5-4-6(7-2-1-3-14-7)13-8(5)9(11)12;1-2(3)4/h1-5,13H,(H,11,12,14);1-4,13H,10H2,(H3,11,12);1H3,(H,3,4). The van der Waals surface area contributed by atoms with Crippen molar-refractivity contribution in [3.8, 4) is 22.9 Å². The van der Waals surface area contributed by atoms with Crippen LogP contribution < -0.4 is 17.0 Å². The minimum Gasteiger partial charge on any atom is -0.481 e. The van der Waals surface area contributed by atoms with E-state index in [-0.39, 0.29) is 11.4 Å². The van der Waals surface area contributed by atoms with Crippen LogP contribution in [0.4, 0.5) is 5.69 Å². The Morgan fingerprint density at radius 1 is 1.09 bits per heavy atom. The molecular formula is C21H21N7O5. The molecule has 5 aromatic heterocycles. The molecule has 9 N–H and O–H groups in total. The van der Waals surface area contributed by atoms with Gasteiger partial charge in [0.05, 0.1) is 41.4 Å². The van der Waals surface area contributed by atoms with Gasteiger partial charge in [-0.25, -0.2) is 4.98 Å². The molecule has 0 radical (unpaired) electrons. The van der Waals surface area contributed by atoms with Gasteiger partial charge in [0.1, 0.15) is 28.6 Å². The molecule has 0 atom stereocenters. The monoisotopic (exact) mass is 451 g/mol. The molecule has 0 aliphatic rings. The highest BCUT2D eigenvalue weighted by atomic mass is 16.4. The number of fused-ring (bicyclic) bond motifs is 1. The number of hydrogen-bond donors (Lipinski definition) is 7. The van der Waals surface area contributed by atoms with Crippen LogP contribution in [0.5, 0.6) is 0 Å². The number of furan rings is 2. The first-order chi connectivity index (χ1) is 15.8. The lowest BCUT2D eigenvalue weighted by Gasteiger charge is -1.94. The van der Waals surface area contributed by atoms with Gasteiger partial charge in [0.2, 0.25) is 0 Å². The number of nitrogens with two attached hydrogens (primary N) is 2. The summed E-state index contributed by atoms with van der Waals surface area (Å²) >= 11 is 0. The quantitative estimate of drug-likeness (QED) is 0.159. The van der Waals surface area contributed by atoms with Gasteiger partial charge in [0.25, 0.3) is 11.5 Å². The number of aromatic nitrogens is 4. The second-order valence-electron chi connectivity index (χ2n) is 6.58. The van der Waals surface area contributed by atoms with Crippen molar-refractivity contribution < 1.29 is 18.7 Å². The number of aliphatic carboxylic acids is 1. The molecule has 0 aliphatic carbocycles. The van der Waals surface area contributed by atoms with Crippen LogP contribution in [0.1, 0.15) is 12.6 Å². The number of nitrogens with one attached hydrogen (secondary N) is 4. The third-order valence-electron chi connectivity index (χ3n) is 4.11. The van der Waals surface area contributed by atoms with E-state index in [1.807, 2.05) is 6.07 Å². The Labute approximate surface area is 185 Å². The Kier molecular flexibility index (Phi) is 6.78. The van der Waals surface area contributed by atoms with E-state index in [1.54, 1.807) is 42.9 Å². The highest BCUT2D eigenvalue weighted by Crippen LogP contribution is 2.23. The summed E-state index contributed by atoms with van der Waals surface area (Å²) in [6, 6.07) is 10.7. The highest BCUT2D eigenvalue weighted by molar-refractivity contribution is 5.99. The van der Waals surface area contributed by atoms with E-state index in [2.05, 4.69) is 19.9 Å². The number of H-pyrrole nitrogens is 3.